The zero-order valence-corrected chi connectivity index (χ0v) is 19.6. The number of morpholine rings is 1. The lowest BCUT2D eigenvalue weighted by Crippen LogP contribution is -2.37. The Hall–Kier alpha value is -4.10. The molecule has 10 nitrogen and oxygen atoms in total. The van der Waals surface area contributed by atoms with E-state index >= 15 is 0 Å². The number of aromatic nitrogens is 4. The van der Waals surface area contributed by atoms with Crippen LogP contribution in [-0.2, 0) is 10.2 Å². The first kappa shape index (κ1) is 22.7. The van der Waals surface area contributed by atoms with E-state index in [0.717, 1.165) is 24.1 Å². The highest BCUT2D eigenvalue weighted by atomic mass is 16.5. The molecule has 1 amide bonds. The van der Waals surface area contributed by atoms with Crippen molar-refractivity contribution in [2.45, 2.75) is 25.2 Å². The van der Waals surface area contributed by atoms with Crippen LogP contribution in [0.1, 0.15) is 34.6 Å². The summed E-state index contributed by atoms with van der Waals surface area (Å²) in [5.74, 6) is 0.803. The van der Waals surface area contributed by atoms with Gasteiger partial charge in [-0.1, -0.05) is 0 Å². The van der Waals surface area contributed by atoms with E-state index in [1.807, 2.05) is 13.0 Å². The molecule has 3 aromatic rings. The molecule has 1 aliphatic carbocycles. The molecular formula is C25H25N7O3. The van der Waals surface area contributed by atoms with Crippen LogP contribution in [0, 0.1) is 18.3 Å². The number of methoxy groups -OCH3 is 1. The van der Waals surface area contributed by atoms with Gasteiger partial charge < -0.3 is 19.7 Å². The third kappa shape index (κ3) is 4.50. The minimum atomic E-state index is -0.555. The van der Waals surface area contributed by atoms with E-state index in [1.54, 1.807) is 37.8 Å². The number of nitriles is 1. The van der Waals surface area contributed by atoms with Crippen molar-refractivity contribution < 1.29 is 14.3 Å². The number of aryl methyl sites for hydroxylation is 1. The Kier molecular flexibility index (Phi) is 6.01. The Bertz CT molecular complexity index is 1310. The summed E-state index contributed by atoms with van der Waals surface area (Å²) in [6.45, 7) is 4.51. The maximum Gasteiger partial charge on any atom is 0.257 e. The molecule has 1 N–H and O–H groups in total. The van der Waals surface area contributed by atoms with Crippen molar-refractivity contribution in [1.29, 1.82) is 5.26 Å². The Morgan fingerprint density at radius 1 is 1.20 bits per heavy atom. The largest absolute Gasteiger partial charge is 0.478 e. The average Bonchev–Trinajstić information content (AvgIpc) is 3.71. The van der Waals surface area contributed by atoms with Gasteiger partial charge in [0.1, 0.15) is 0 Å². The molecule has 0 radical (unpaired) electrons. The van der Waals surface area contributed by atoms with Crippen LogP contribution < -0.4 is 15.0 Å². The molecule has 0 unspecified atom stereocenters. The third-order valence-corrected chi connectivity index (χ3v) is 6.32. The second-order valence-corrected chi connectivity index (χ2v) is 8.62. The summed E-state index contributed by atoms with van der Waals surface area (Å²) in [6.07, 6.45) is 6.35. The highest BCUT2D eigenvalue weighted by molar-refractivity contribution is 6.04. The monoisotopic (exact) mass is 471 g/mol. The number of rotatable bonds is 6. The molecule has 1 saturated heterocycles. The maximum absolute atomic E-state index is 13.0. The van der Waals surface area contributed by atoms with E-state index in [9.17, 15) is 10.1 Å². The Balaban J connectivity index is 1.41. The Morgan fingerprint density at radius 3 is 2.71 bits per heavy atom. The molecule has 178 valence electrons. The Labute approximate surface area is 203 Å². The van der Waals surface area contributed by atoms with Crippen molar-refractivity contribution in [2.24, 2.45) is 0 Å². The van der Waals surface area contributed by atoms with Crippen molar-refractivity contribution in [3.63, 3.8) is 0 Å². The van der Waals surface area contributed by atoms with Crippen LogP contribution in [0.5, 0.6) is 5.88 Å². The molecule has 1 aliphatic heterocycles. The molecule has 5 rings (SSSR count). The van der Waals surface area contributed by atoms with E-state index in [-0.39, 0.29) is 5.91 Å². The lowest BCUT2D eigenvalue weighted by atomic mass is 10.0. The van der Waals surface area contributed by atoms with Gasteiger partial charge in [0.2, 0.25) is 0 Å². The van der Waals surface area contributed by atoms with E-state index < -0.39 is 5.41 Å². The number of nitrogens with zero attached hydrogens (tertiary/aromatic N) is 6. The summed E-state index contributed by atoms with van der Waals surface area (Å²) in [5.41, 5.74) is 3.19. The van der Waals surface area contributed by atoms with Gasteiger partial charge in [-0.05, 0) is 38.0 Å². The topological polar surface area (TPSA) is 126 Å². The lowest BCUT2D eigenvalue weighted by molar-refractivity contribution is 0.102. The molecule has 0 bridgehead atoms. The predicted molar refractivity (Wildman–Crippen MR) is 128 cm³/mol. The summed E-state index contributed by atoms with van der Waals surface area (Å²) in [5, 5.41) is 12.3. The summed E-state index contributed by atoms with van der Waals surface area (Å²) in [4.78, 5) is 33.1. The number of carbonyl (C=O) groups excluding carboxylic acids is 1. The summed E-state index contributed by atoms with van der Waals surface area (Å²) >= 11 is 0. The molecule has 0 spiro atoms. The number of hydrogen-bond donors (Lipinski definition) is 1. The molecule has 2 fully saturated rings. The second-order valence-electron chi connectivity index (χ2n) is 8.62. The number of hydrogen-bond acceptors (Lipinski definition) is 9. The first-order valence-corrected chi connectivity index (χ1v) is 11.4. The van der Waals surface area contributed by atoms with Crippen molar-refractivity contribution >= 4 is 17.4 Å². The minimum Gasteiger partial charge on any atom is -0.478 e. The van der Waals surface area contributed by atoms with Gasteiger partial charge in [-0.15, -0.1) is 0 Å². The van der Waals surface area contributed by atoms with Crippen LogP contribution in [0.3, 0.4) is 0 Å². The van der Waals surface area contributed by atoms with Crippen molar-refractivity contribution in [2.75, 3.05) is 43.6 Å². The van der Waals surface area contributed by atoms with Gasteiger partial charge in [-0.3, -0.25) is 14.8 Å². The molecule has 35 heavy (non-hydrogen) atoms. The standard InChI is InChI=1S/C25H25N7O3/c1-16-19(20-14-29-24(34-2)22(31-20)32-7-9-35-10-8-32)12-18(13-28-16)30-23(33)17-3-6-27-21(11-17)25(15-26)4-5-25/h3,6,11-14H,4-5,7-10H2,1-2H3,(H,30,33). The molecule has 0 atom stereocenters. The normalized spacial score (nSPS) is 16.3. The van der Waals surface area contributed by atoms with E-state index in [1.165, 1.54) is 0 Å². The number of anilines is 2. The first-order chi connectivity index (χ1) is 17.0. The van der Waals surface area contributed by atoms with Crippen molar-refractivity contribution in [3.05, 3.63) is 53.7 Å². The number of amides is 1. The van der Waals surface area contributed by atoms with Gasteiger partial charge in [-0.2, -0.15) is 5.26 Å². The third-order valence-electron chi connectivity index (χ3n) is 6.32. The Morgan fingerprint density at radius 2 is 2.00 bits per heavy atom. The van der Waals surface area contributed by atoms with Gasteiger partial charge >= 0.3 is 0 Å². The summed E-state index contributed by atoms with van der Waals surface area (Å²) in [7, 11) is 1.57. The van der Waals surface area contributed by atoms with Crippen LogP contribution >= 0.6 is 0 Å². The van der Waals surface area contributed by atoms with Gasteiger partial charge in [0.15, 0.2) is 5.82 Å². The second kappa shape index (κ2) is 9.27. The molecule has 4 heterocycles. The van der Waals surface area contributed by atoms with E-state index in [4.69, 9.17) is 14.5 Å². The van der Waals surface area contributed by atoms with Gasteiger partial charge in [0.05, 0.1) is 61.3 Å². The highest BCUT2D eigenvalue weighted by Crippen LogP contribution is 2.46. The smallest absolute Gasteiger partial charge is 0.257 e. The predicted octanol–water partition coefficient (Wildman–Crippen LogP) is 2.89. The fourth-order valence-corrected chi connectivity index (χ4v) is 4.07. The lowest BCUT2D eigenvalue weighted by Gasteiger charge is -2.28. The van der Waals surface area contributed by atoms with Gasteiger partial charge in [0, 0.05) is 36.1 Å². The van der Waals surface area contributed by atoms with Crippen LogP contribution in [-0.4, -0.2) is 59.3 Å². The van der Waals surface area contributed by atoms with Crippen LogP contribution in [0.4, 0.5) is 11.5 Å². The fourth-order valence-electron chi connectivity index (χ4n) is 4.07. The SMILES string of the molecule is COc1ncc(-c2cc(NC(=O)c3ccnc(C4(C#N)CC4)c3)cnc2C)nc1N1CCOCC1. The molecular weight excluding hydrogens is 446 g/mol. The van der Waals surface area contributed by atoms with Crippen LogP contribution in [0.25, 0.3) is 11.3 Å². The molecule has 1 saturated carbocycles. The first-order valence-electron chi connectivity index (χ1n) is 11.4. The number of carbonyl (C=O) groups is 1. The van der Waals surface area contributed by atoms with Crippen molar-refractivity contribution in [1.82, 2.24) is 19.9 Å². The van der Waals surface area contributed by atoms with Crippen LogP contribution in [0.2, 0.25) is 0 Å². The van der Waals surface area contributed by atoms with Crippen LogP contribution in [0.15, 0.2) is 36.8 Å². The summed E-state index contributed by atoms with van der Waals surface area (Å²) in [6, 6.07) is 7.48. The number of pyridine rings is 2. The molecule has 2 aliphatic rings. The van der Waals surface area contributed by atoms with E-state index in [0.29, 0.717) is 60.6 Å². The average molecular weight is 472 g/mol. The van der Waals surface area contributed by atoms with Gasteiger partial charge in [0.25, 0.3) is 11.8 Å². The number of nitrogens with one attached hydrogen (secondary N) is 1. The molecule has 0 aromatic carbocycles. The van der Waals surface area contributed by atoms with Gasteiger partial charge in [-0.25, -0.2) is 9.97 Å². The maximum atomic E-state index is 13.0. The minimum absolute atomic E-state index is 0.297. The molecule has 3 aromatic heterocycles. The zero-order valence-electron chi connectivity index (χ0n) is 19.6. The summed E-state index contributed by atoms with van der Waals surface area (Å²) < 4.78 is 10.9. The quantitative estimate of drug-likeness (QED) is 0.577. The highest BCUT2D eigenvalue weighted by Gasteiger charge is 2.46. The number of ether oxygens (including phenoxy) is 2. The molecule has 10 heteroatoms. The van der Waals surface area contributed by atoms with Crippen molar-refractivity contribution in [3.8, 4) is 23.2 Å². The fraction of sp³-hybridized carbons (Fsp3) is 0.360. The van der Waals surface area contributed by atoms with E-state index in [2.05, 4.69) is 31.2 Å². The zero-order chi connectivity index (χ0) is 24.4.